The highest BCUT2D eigenvalue weighted by atomic mass is 16.4. The highest BCUT2D eigenvalue weighted by molar-refractivity contribution is 5.80. The Balaban J connectivity index is 3.46. The first-order valence-electron chi connectivity index (χ1n) is 4.54. The minimum Gasteiger partial charge on any atom is -0.481 e. The number of hydrogen-bond donors (Lipinski definition) is 2. The predicted molar refractivity (Wildman–Crippen MR) is 49.3 cm³/mol. The molecule has 0 heterocycles. The zero-order valence-electron chi connectivity index (χ0n) is 8.17. The van der Waals surface area contributed by atoms with Crippen molar-refractivity contribution in [2.75, 3.05) is 6.54 Å². The van der Waals surface area contributed by atoms with E-state index in [0.29, 0.717) is 12.5 Å². The molecule has 0 bridgehead atoms. The lowest BCUT2D eigenvalue weighted by Gasteiger charge is -2.09. The third-order valence-electron chi connectivity index (χ3n) is 1.91. The zero-order valence-corrected chi connectivity index (χ0v) is 8.17. The molecule has 2 N–H and O–H groups in total. The van der Waals surface area contributed by atoms with Crippen LogP contribution < -0.4 is 5.32 Å². The summed E-state index contributed by atoms with van der Waals surface area (Å²) in [5, 5.41) is 11.0. The summed E-state index contributed by atoms with van der Waals surface area (Å²) in [5.41, 5.74) is 0. The number of carboxylic acids is 1. The number of rotatable bonds is 6. The average molecular weight is 187 g/mol. The molecule has 1 amide bonds. The molecule has 0 aliphatic carbocycles. The van der Waals surface area contributed by atoms with Gasteiger partial charge in [-0.25, -0.2) is 0 Å². The molecule has 0 aliphatic rings. The van der Waals surface area contributed by atoms with Crippen LogP contribution in [0.3, 0.4) is 0 Å². The fourth-order valence-electron chi connectivity index (χ4n) is 0.741. The Bertz CT molecular complexity index is 180. The van der Waals surface area contributed by atoms with Crippen LogP contribution in [-0.2, 0) is 9.59 Å². The van der Waals surface area contributed by atoms with E-state index < -0.39 is 5.97 Å². The number of nitrogens with one attached hydrogen (secondary N) is 1. The molecular weight excluding hydrogens is 170 g/mol. The molecule has 13 heavy (non-hydrogen) atoms. The number of hydrogen-bond acceptors (Lipinski definition) is 2. The number of amides is 1. The van der Waals surface area contributed by atoms with Crippen molar-refractivity contribution < 1.29 is 14.7 Å². The van der Waals surface area contributed by atoms with E-state index in [1.165, 1.54) is 0 Å². The Morgan fingerprint density at radius 3 is 2.46 bits per heavy atom. The first kappa shape index (κ1) is 11.9. The monoisotopic (exact) mass is 187 g/mol. The molecule has 1 atom stereocenters. The molecule has 4 nitrogen and oxygen atoms in total. The third-order valence-corrected chi connectivity index (χ3v) is 1.91. The molecule has 0 saturated carbocycles. The minimum atomic E-state index is -0.932. The number of aliphatic carboxylic acids is 1. The van der Waals surface area contributed by atoms with Crippen molar-refractivity contribution in [1.82, 2.24) is 5.32 Å². The van der Waals surface area contributed by atoms with Gasteiger partial charge in [-0.3, -0.25) is 9.59 Å². The van der Waals surface area contributed by atoms with Gasteiger partial charge in [0.15, 0.2) is 0 Å². The van der Waals surface area contributed by atoms with E-state index >= 15 is 0 Å². The van der Waals surface area contributed by atoms with Crippen molar-refractivity contribution in [1.29, 1.82) is 0 Å². The van der Waals surface area contributed by atoms with E-state index in [1.807, 2.05) is 13.8 Å². The Hall–Kier alpha value is -1.06. The van der Waals surface area contributed by atoms with Crippen LogP contribution >= 0.6 is 0 Å². The standard InChI is InChI=1S/C9H17NO3/c1-3-7(2)6-10-8(11)4-5-9(12)13/h7H,3-6H2,1-2H3,(H,10,11)(H,12,13). The van der Waals surface area contributed by atoms with Crippen LogP contribution in [-0.4, -0.2) is 23.5 Å². The second kappa shape index (κ2) is 6.46. The summed E-state index contributed by atoms with van der Waals surface area (Å²) in [6, 6.07) is 0. The molecule has 0 fully saturated rings. The average Bonchev–Trinajstić information content (AvgIpc) is 2.10. The van der Waals surface area contributed by atoms with E-state index in [1.54, 1.807) is 0 Å². The molecule has 76 valence electrons. The van der Waals surface area contributed by atoms with Crippen molar-refractivity contribution in [3.8, 4) is 0 Å². The van der Waals surface area contributed by atoms with Crippen LogP contribution in [0.4, 0.5) is 0 Å². The van der Waals surface area contributed by atoms with Crippen molar-refractivity contribution in [3.05, 3.63) is 0 Å². The molecular formula is C9H17NO3. The highest BCUT2D eigenvalue weighted by Crippen LogP contribution is 1.97. The highest BCUT2D eigenvalue weighted by Gasteiger charge is 2.05. The van der Waals surface area contributed by atoms with Gasteiger partial charge >= 0.3 is 5.97 Å². The number of carbonyl (C=O) groups is 2. The molecule has 0 aromatic heterocycles. The van der Waals surface area contributed by atoms with E-state index in [9.17, 15) is 9.59 Å². The number of carboxylic acid groups (broad SMARTS) is 1. The molecule has 0 rings (SSSR count). The van der Waals surface area contributed by atoms with Crippen LogP contribution in [0.25, 0.3) is 0 Å². The summed E-state index contributed by atoms with van der Waals surface area (Å²) < 4.78 is 0. The molecule has 0 aromatic carbocycles. The maximum Gasteiger partial charge on any atom is 0.303 e. The Morgan fingerprint density at radius 1 is 1.38 bits per heavy atom. The summed E-state index contributed by atoms with van der Waals surface area (Å²) in [6.07, 6.45) is 0.997. The quantitative estimate of drug-likeness (QED) is 0.652. The van der Waals surface area contributed by atoms with Gasteiger partial charge in [0.2, 0.25) is 5.91 Å². The Morgan fingerprint density at radius 2 is 2.00 bits per heavy atom. The predicted octanol–water partition coefficient (Wildman–Crippen LogP) is 1.01. The molecule has 0 radical (unpaired) electrons. The second-order valence-corrected chi connectivity index (χ2v) is 3.21. The summed E-state index contributed by atoms with van der Waals surface area (Å²) >= 11 is 0. The summed E-state index contributed by atoms with van der Waals surface area (Å²) in [6.45, 7) is 4.72. The lowest BCUT2D eigenvalue weighted by atomic mass is 10.1. The molecule has 0 spiro atoms. The number of carbonyl (C=O) groups excluding carboxylic acids is 1. The van der Waals surface area contributed by atoms with Crippen LogP contribution in [0.15, 0.2) is 0 Å². The second-order valence-electron chi connectivity index (χ2n) is 3.21. The van der Waals surface area contributed by atoms with E-state index in [-0.39, 0.29) is 18.7 Å². The van der Waals surface area contributed by atoms with Crippen molar-refractivity contribution >= 4 is 11.9 Å². The topological polar surface area (TPSA) is 66.4 Å². The molecule has 0 aromatic rings. The van der Waals surface area contributed by atoms with Gasteiger partial charge < -0.3 is 10.4 Å². The summed E-state index contributed by atoms with van der Waals surface area (Å²) in [5.74, 6) is -0.657. The van der Waals surface area contributed by atoms with Crippen LogP contribution in [0, 0.1) is 5.92 Å². The van der Waals surface area contributed by atoms with Gasteiger partial charge in [-0.1, -0.05) is 20.3 Å². The first-order chi connectivity index (χ1) is 6.06. The van der Waals surface area contributed by atoms with Crippen molar-refractivity contribution in [2.45, 2.75) is 33.1 Å². The summed E-state index contributed by atoms with van der Waals surface area (Å²) in [4.78, 5) is 21.1. The van der Waals surface area contributed by atoms with Crippen LogP contribution in [0.5, 0.6) is 0 Å². The molecule has 1 unspecified atom stereocenters. The minimum absolute atomic E-state index is 0.0752. The van der Waals surface area contributed by atoms with Gasteiger partial charge in [0.25, 0.3) is 0 Å². The SMILES string of the molecule is CCC(C)CNC(=O)CCC(=O)O. The summed E-state index contributed by atoms with van der Waals surface area (Å²) in [7, 11) is 0. The smallest absolute Gasteiger partial charge is 0.303 e. The Labute approximate surface area is 78.3 Å². The van der Waals surface area contributed by atoms with Crippen LogP contribution in [0.1, 0.15) is 33.1 Å². The van der Waals surface area contributed by atoms with Crippen molar-refractivity contribution in [3.63, 3.8) is 0 Å². The lowest BCUT2D eigenvalue weighted by Crippen LogP contribution is -2.28. The zero-order chi connectivity index (χ0) is 10.3. The first-order valence-corrected chi connectivity index (χ1v) is 4.54. The van der Waals surface area contributed by atoms with Gasteiger partial charge in [0.1, 0.15) is 0 Å². The van der Waals surface area contributed by atoms with Crippen molar-refractivity contribution in [2.24, 2.45) is 5.92 Å². The van der Waals surface area contributed by atoms with Gasteiger partial charge in [0, 0.05) is 13.0 Å². The van der Waals surface area contributed by atoms with E-state index in [2.05, 4.69) is 5.32 Å². The normalized spacial score (nSPS) is 12.2. The van der Waals surface area contributed by atoms with Gasteiger partial charge in [-0.05, 0) is 5.92 Å². The Kier molecular flexibility index (Phi) is 5.93. The van der Waals surface area contributed by atoms with Crippen LogP contribution in [0.2, 0.25) is 0 Å². The third kappa shape index (κ3) is 7.31. The molecule has 4 heteroatoms. The van der Waals surface area contributed by atoms with Gasteiger partial charge in [-0.2, -0.15) is 0 Å². The van der Waals surface area contributed by atoms with E-state index in [4.69, 9.17) is 5.11 Å². The fourth-order valence-corrected chi connectivity index (χ4v) is 0.741. The maximum absolute atomic E-state index is 11.0. The van der Waals surface area contributed by atoms with E-state index in [0.717, 1.165) is 6.42 Å². The molecule has 0 saturated heterocycles. The largest absolute Gasteiger partial charge is 0.481 e. The molecule has 0 aliphatic heterocycles. The maximum atomic E-state index is 11.0. The lowest BCUT2D eigenvalue weighted by molar-refractivity contribution is -0.138. The fraction of sp³-hybridized carbons (Fsp3) is 0.778. The van der Waals surface area contributed by atoms with Gasteiger partial charge in [0.05, 0.1) is 6.42 Å². The van der Waals surface area contributed by atoms with Gasteiger partial charge in [-0.15, -0.1) is 0 Å².